The number of aliphatic carboxylic acids is 2. The molecule has 0 fully saturated rings. The number of H-pyrrole nitrogens is 1. The van der Waals surface area contributed by atoms with E-state index in [1.165, 1.54) is 12.5 Å². The average Bonchev–Trinajstić information content (AvgIpc) is 3.27. The molecule has 196 valence electrons. The molecule has 0 saturated carbocycles. The van der Waals surface area contributed by atoms with Gasteiger partial charge in [-0.2, -0.15) is 0 Å². The lowest BCUT2D eigenvalue weighted by molar-refractivity contribution is -0.142. The third kappa shape index (κ3) is 10.1. The summed E-state index contributed by atoms with van der Waals surface area (Å²) in [5, 5.41) is 25.9. The molecule has 1 aromatic heterocycles. The maximum Gasteiger partial charge on any atom is 0.326 e. The molecule has 0 aromatic carbocycles. The van der Waals surface area contributed by atoms with Crippen LogP contribution in [-0.4, -0.2) is 74.0 Å². The lowest BCUT2D eigenvalue weighted by Crippen LogP contribution is -2.59. The zero-order valence-electron chi connectivity index (χ0n) is 20.4. The van der Waals surface area contributed by atoms with Gasteiger partial charge in [0.05, 0.1) is 18.8 Å². The van der Waals surface area contributed by atoms with Crippen molar-refractivity contribution in [2.24, 2.45) is 17.6 Å². The average molecular weight is 497 g/mol. The minimum Gasteiger partial charge on any atom is -0.481 e. The van der Waals surface area contributed by atoms with Crippen LogP contribution in [0.2, 0.25) is 0 Å². The zero-order chi connectivity index (χ0) is 26.7. The molecule has 1 aromatic rings. The Morgan fingerprint density at radius 1 is 1.00 bits per heavy atom. The van der Waals surface area contributed by atoms with E-state index in [0.29, 0.717) is 12.1 Å². The number of imidazole rings is 1. The predicted molar refractivity (Wildman–Crippen MR) is 125 cm³/mol. The molecule has 3 amide bonds. The van der Waals surface area contributed by atoms with E-state index in [2.05, 4.69) is 25.9 Å². The standard InChI is InChI=1S/C22H36N6O7/c1-5-12(4)18(21(33)27-16(22(34)35)7-13-9-24-10-25-13)28-20(32)15(6-11(2)3)26-19(31)14(23)8-17(29)30/h9-12,14-16,18H,5-8,23H2,1-4H3,(H,24,25)(H,26,31)(H,27,33)(H,28,32)(H,29,30)(H,34,35). The molecule has 13 heteroatoms. The Bertz CT molecular complexity index is 874. The largest absolute Gasteiger partial charge is 0.481 e. The van der Waals surface area contributed by atoms with E-state index in [1.54, 1.807) is 6.92 Å². The summed E-state index contributed by atoms with van der Waals surface area (Å²) in [6.45, 7) is 7.20. The molecule has 0 bridgehead atoms. The van der Waals surface area contributed by atoms with Gasteiger partial charge < -0.3 is 36.9 Å². The quantitative estimate of drug-likeness (QED) is 0.164. The first-order valence-electron chi connectivity index (χ1n) is 11.4. The fourth-order valence-corrected chi connectivity index (χ4v) is 3.30. The van der Waals surface area contributed by atoms with E-state index in [1.807, 2.05) is 20.8 Å². The molecule has 0 radical (unpaired) electrons. The van der Waals surface area contributed by atoms with Crippen molar-refractivity contribution in [3.8, 4) is 0 Å². The van der Waals surface area contributed by atoms with Crippen LogP contribution in [0.1, 0.15) is 52.7 Å². The molecular formula is C22H36N6O7. The third-order valence-electron chi connectivity index (χ3n) is 5.46. The summed E-state index contributed by atoms with van der Waals surface area (Å²) in [4.78, 5) is 67.6. The summed E-state index contributed by atoms with van der Waals surface area (Å²) >= 11 is 0. The van der Waals surface area contributed by atoms with Crippen molar-refractivity contribution >= 4 is 29.7 Å². The van der Waals surface area contributed by atoms with Gasteiger partial charge in [0, 0.05) is 18.3 Å². The van der Waals surface area contributed by atoms with Gasteiger partial charge in [0.2, 0.25) is 17.7 Å². The Hall–Kier alpha value is -3.48. The predicted octanol–water partition coefficient (Wildman–Crippen LogP) is -0.615. The van der Waals surface area contributed by atoms with Gasteiger partial charge in [-0.1, -0.05) is 34.1 Å². The van der Waals surface area contributed by atoms with Gasteiger partial charge in [-0.25, -0.2) is 9.78 Å². The molecule has 0 saturated heterocycles. The molecular weight excluding hydrogens is 460 g/mol. The van der Waals surface area contributed by atoms with Crippen molar-refractivity contribution in [1.82, 2.24) is 25.9 Å². The number of rotatable bonds is 15. The van der Waals surface area contributed by atoms with E-state index in [0.717, 1.165) is 0 Å². The third-order valence-corrected chi connectivity index (χ3v) is 5.46. The van der Waals surface area contributed by atoms with Crippen LogP contribution < -0.4 is 21.7 Å². The first-order valence-corrected chi connectivity index (χ1v) is 11.4. The summed E-state index contributed by atoms with van der Waals surface area (Å²) in [7, 11) is 0. The van der Waals surface area contributed by atoms with E-state index < -0.39 is 60.2 Å². The maximum atomic E-state index is 13.1. The molecule has 0 aliphatic carbocycles. The number of nitrogens with two attached hydrogens (primary N) is 1. The molecule has 5 unspecified atom stereocenters. The van der Waals surface area contributed by atoms with E-state index in [9.17, 15) is 29.1 Å². The number of aromatic amines is 1. The highest BCUT2D eigenvalue weighted by molar-refractivity contribution is 5.94. The smallest absolute Gasteiger partial charge is 0.326 e. The molecule has 1 rings (SSSR count). The number of carboxylic acid groups (broad SMARTS) is 2. The minimum absolute atomic E-state index is 0.0246. The van der Waals surface area contributed by atoms with Crippen LogP contribution in [0.25, 0.3) is 0 Å². The fourth-order valence-electron chi connectivity index (χ4n) is 3.30. The first-order chi connectivity index (χ1) is 16.3. The highest BCUT2D eigenvalue weighted by atomic mass is 16.4. The fraction of sp³-hybridized carbons (Fsp3) is 0.636. The summed E-state index contributed by atoms with van der Waals surface area (Å²) in [6.07, 6.45) is 2.92. The topological polar surface area (TPSA) is 217 Å². The van der Waals surface area contributed by atoms with Crippen molar-refractivity contribution < 1.29 is 34.2 Å². The summed E-state index contributed by atoms with van der Waals surface area (Å²) in [5.74, 6) is -5.03. The highest BCUT2D eigenvalue weighted by Crippen LogP contribution is 2.12. The van der Waals surface area contributed by atoms with Gasteiger partial charge >= 0.3 is 11.9 Å². The summed E-state index contributed by atoms with van der Waals surface area (Å²) < 4.78 is 0. The number of amides is 3. The van der Waals surface area contributed by atoms with Crippen LogP contribution in [0.4, 0.5) is 0 Å². The normalized spacial score (nSPS) is 15.4. The van der Waals surface area contributed by atoms with Gasteiger partial charge in [0.25, 0.3) is 0 Å². The number of nitrogens with one attached hydrogen (secondary N) is 4. The molecule has 5 atom stereocenters. The molecule has 1 heterocycles. The van der Waals surface area contributed by atoms with Crippen LogP contribution >= 0.6 is 0 Å². The Kier molecular flexibility index (Phi) is 11.9. The van der Waals surface area contributed by atoms with E-state index in [4.69, 9.17) is 10.8 Å². The highest BCUT2D eigenvalue weighted by Gasteiger charge is 2.33. The number of hydrogen-bond donors (Lipinski definition) is 7. The number of hydrogen-bond acceptors (Lipinski definition) is 7. The second-order valence-corrected chi connectivity index (χ2v) is 8.95. The van der Waals surface area contributed by atoms with Gasteiger partial charge in [-0.3, -0.25) is 19.2 Å². The van der Waals surface area contributed by atoms with Gasteiger partial charge in [0.15, 0.2) is 0 Å². The van der Waals surface area contributed by atoms with E-state index in [-0.39, 0.29) is 24.7 Å². The number of carbonyl (C=O) groups is 5. The van der Waals surface area contributed by atoms with Crippen molar-refractivity contribution in [2.75, 3.05) is 0 Å². The molecule has 0 aliphatic rings. The Balaban J connectivity index is 3.00. The monoisotopic (exact) mass is 496 g/mol. The SMILES string of the molecule is CCC(C)C(NC(=O)C(CC(C)C)NC(=O)C(N)CC(=O)O)C(=O)NC(Cc1cnc[nH]1)C(=O)O. The van der Waals surface area contributed by atoms with Crippen LogP contribution in [0.5, 0.6) is 0 Å². The molecule has 0 aliphatic heterocycles. The van der Waals surface area contributed by atoms with Crippen molar-refractivity contribution in [2.45, 2.75) is 77.5 Å². The maximum absolute atomic E-state index is 13.1. The minimum atomic E-state index is -1.34. The van der Waals surface area contributed by atoms with Crippen LogP contribution in [0, 0.1) is 11.8 Å². The number of carbonyl (C=O) groups excluding carboxylic acids is 3. The van der Waals surface area contributed by atoms with Crippen LogP contribution in [0.15, 0.2) is 12.5 Å². The second-order valence-electron chi connectivity index (χ2n) is 8.95. The first kappa shape index (κ1) is 29.6. The lowest BCUT2D eigenvalue weighted by atomic mass is 9.96. The van der Waals surface area contributed by atoms with Gasteiger partial charge in [0.1, 0.15) is 18.1 Å². The Morgan fingerprint density at radius 2 is 1.63 bits per heavy atom. The second kappa shape index (κ2) is 14.0. The lowest BCUT2D eigenvalue weighted by Gasteiger charge is -2.28. The molecule has 0 spiro atoms. The van der Waals surface area contributed by atoms with Gasteiger partial charge in [-0.05, 0) is 18.3 Å². The Morgan fingerprint density at radius 3 is 2.11 bits per heavy atom. The molecule has 13 nitrogen and oxygen atoms in total. The zero-order valence-corrected chi connectivity index (χ0v) is 20.4. The number of nitrogens with zero attached hydrogens (tertiary/aromatic N) is 1. The van der Waals surface area contributed by atoms with Gasteiger partial charge in [-0.15, -0.1) is 0 Å². The molecule has 35 heavy (non-hydrogen) atoms. The van der Waals surface area contributed by atoms with Crippen molar-refractivity contribution in [3.63, 3.8) is 0 Å². The van der Waals surface area contributed by atoms with Crippen LogP contribution in [0.3, 0.4) is 0 Å². The Labute approximate surface area is 203 Å². The summed E-state index contributed by atoms with van der Waals surface area (Å²) in [5.41, 5.74) is 6.12. The number of carboxylic acids is 2. The van der Waals surface area contributed by atoms with Crippen molar-refractivity contribution in [1.29, 1.82) is 0 Å². The number of aromatic nitrogens is 2. The summed E-state index contributed by atoms with van der Waals surface area (Å²) in [6, 6.07) is -4.74. The van der Waals surface area contributed by atoms with Crippen molar-refractivity contribution in [3.05, 3.63) is 18.2 Å². The van der Waals surface area contributed by atoms with E-state index >= 15 is 0 Å². The van der Waals surface area contributed by atoms with Crippen LogP contribution in [-0.2, 0) is 30.4 Å². The molecule has 8 N–H and O–H groups in total.